The van der Waals surface area contributed by atoms with Crippen molar-refractivity contribution in [2.24, 2.45) is 5.92 Å². The van der Waals surface area contributed by atoms with Gasteiger partial charge in [-0.15, -0.1) is 0 Å². The van der Waals surface area contributed by atoms with Crippen LogP contribution in [-0.2, 0) is 0 Å². The first-order valence-corrected chi connectivity index (χ1v) is 7.60. The number of pyridine rings is 1. The zero-order valence-electron chi connectivity index (χ0n) is 10.6. The van der Waals surface area contributed by atoms with Crippen molar-refractivity contribution in [1.29, 1.82) is 0 Å². The third kappa shape index (κ3) is 2.46. The topological polar surface area (TPSA) is 42.2 Å². The van der Waals surface area contributed by atoms with Crippen molar-refractivity contribution in [3.05, 3.63) is 24.0 Å². The number of aromatic nitrogens is 3. The minimum atomic E-state index is 0.797. The Balaban J connectivity index is 1.75. The molecule has 2 aromatic heterocycles. The van der Waals surface area contributed by atoms with Crippen molar-refractivity contribution < 1.29 is 0 Å². The van der Waals surface area contributed by atoms with E-state index in [1.807, 2.05) is 4.52 Å². The fourth-order valence-electron chi connectivity index (χ4n) is 2.38. The number of aryl methyl sites for hydroxylation is 1. The van der Waals surface area contributed by atoms with Crippen LogP contribution in [0.1, 0.15) is 18.4 Å². The second-order valence-electron chi connectivity index (χ2n) is 4.88. The first kappa shape index (κ1) is 11.8. The molecule has 4 nitrogen and oxygen atoms in total. The smallest absolute Gasteiger partial charge is 0.157 e. The molecule has 0 amide bonds. The summed E-state index contributed by atoms with van der Waals surface area (Å²) >= 11 is 2.07. The van der Waals surface area contributed by atoms with Crippen LogP contribution in [0.3, 0.4) is 0 Å². The van der Waals surface area contributed by atoms with Gasteiger partial charge in [-0.1, -0.05) is 0 Å². The van der Waals surface area contributed by atoms with Crippen molar-refractivity contribution in [2.75, 3.05) is 23.4 Å². The lowest BCUT2D eigenvalue weighted by molar-refractivity contribution is 0.515. The van der Waals surface area contributed by atoms with Gasteiger partial charge in [-0.3, -0.25) is 0 Å². The largest absolute Gasteiger partial charge is 0.370 e. The molecule has 0 saturated carbocycles. The molecule has 3 heterocycles. The van der Waals surface area contributed by atoms with Gasteiger partial charge >= 0.3 is 0 Å². The zero-order valence-corrected chi connectivity index (χ0v) is 11.4. The fourth-order valence-corrected chi connectivity index (χ4v) is 3.59. The SMILES string of the molecule is Cc1cc(NCC2CCSCC2)n2ncnc2c1. The second kappa shape index (κ2) is 5.18. The Morgan fingerprint density at radius 2 is 2.22 bits per heavy atom. The maximum absolute atomic E-state index is 4.26. The molecule has 1 aliphatic heterocycles. The molecule has 3 rings (SSSR count). The third-order valence-corrected chi connectivity index (χ3v) is 4.48. The molecule has 1 fully saturated rings. The summed E-state index contributed by atoms with van der Waals surface area (Å²) in [5, 5.41) is 7.80. The average molecular weight is 262 g/mol. The summed E-state index contributed by atoms with van der Waals surface area (Å²) in [5.41, 5.74) is 2.13. The van der Waals surface area contributed by atoms with E-state index in [-0.39, 0.29) is 0 Å². The molecule has 1 saturated heterocycles. The zero-order chi connectivity index (χ0) is 12.4. The van der Waals surface area contributed by atoms with E-state index >= 15 is 0 Å². The Hall–Kier alpha value is -1.23. The van der Waals surface area contributed by atoms with Gasteiger partial charge < -0.3 is 5.32 Å². The number of nitrogens with one attached hydrogen (secondary N) is 1. The molecular weight excluding hydrogens is 244 g/mol. The predicted molar refractivity (Wildman–Crippen MR) is 76.3 cm³/mol. The van der Waals surface area contributed by atoms with Gasteiger partial charge in [-0.05, 0) is 54.9 Å². The molecule has 0 unspecified atom stereocenters. The Bertz CT molecular complexity index is 531. The predicted octanol–water partition coefficient (Wildman–Crippen LogP) is 2.59. The average Bonchev–Trinajstić information content (AvgIpc) is 2.85. The van der Waals surface area contributed by atoms with Crippen LogP contribution in [0.25, 0.3) is 5.65 Å². The normalized spacial score (nSPS) is 17.2. The molecule has 1 aliphatic rings. The first-order valence-electron chi connectivity index (χ1n) is 6.45. The molecule has 1 N–H and O–H groups in total. The molecule has 0 radical (unpaired) electrons. The molecule has 18 heavy (non-hydrogen) atoms. The van der Waals surface area contributed by atoms with Gasteiger partial charge in [0.25, 0.3) is 0 Å². The van der Waals surface area contributed by atoms with E-state index in [0.717, 1.165) is 23.9 Å². The number of fused-ring (bicyclic) bond motifs is 1. The number of hydrogen-bond acceptors (Lipinski definition) is 4. The molecular formula is C13H18N4S. The molecule has 0 aliphatic carbocycles. The van der Waals surface area contributed by atoms with E-state index in [1.165, 1.54) is 29.9 Å². The Labute approximate surface area is 111 Å². The number of anilines is 1. The summed E-state index contributed by atoms with van der Waals surface area (Å²) in [6, 6.07) is 4.19. The van der Waals surface area contributed by atoms with Gasteiger partial charge in [0.15, 0.2) is 5.65 Å². The standard InChI is InChI=1S/C13H18N4S/c1-10-6-12(17-13(7-10)15-9-16-17)14-8-11-2-4-18-5-3-11/h6-7,9,11,14H,2-5,8H2,1H3. The number of nitrogens with zero attached hydrogens (tertiary/aromatic N) is 3. The molecule has 5 heteroatoms. The van der Waals surface area contributed by atoms with Crippen molar-refractivity contribution in [1.82, 2.24) is 14.6 Å². The Morgan fingerprint density at radius 3 is 3.06 bits per heavy atom. The minimum Gasteiger partial charge on any atom is -0.370 e. The van der Waals surface area contributed by atoms with E-state index in [9.17, 15) is 0 Å². The van der Waals surface area contributed by atoms with E-state index < -0.39 is 0 Å². The van der Waals surface area contributed by atoms with Crippen molar-refractivity contribution in [3.8, 4) is 0 Å². The fraction of sp³-hybridized carbons (Fsp3) is 0.538. The molecule has 2 aromatic rings. The van der Waals surface area contributed by atoms with Gasteiger partial charge in [0, 0.05) is 6.54 Å². The van der Waals surface area contributed by atoms with Crippen molar-refractivity contribution in [3.63, 3.8) is 0 Å². The quantitative estimate of drug-likeness (QED) is 0.923. The van der Waals surface area contributed by atoms with Gasteiger partial charge in [-0.2, -0.15) is 21.4 Å². The van der Waals surface area contributed by atoms with E-state index in [0.29, 0.717) is 0 Å². The Kier molecular flexibility index (Phi) is 3.41. The van der Waals surface area contributed by atoms with Crippen molar-refractivity contribution >= 4 is 23.2 Å². The summed E-state index contributed by atoms with van der Waals surface area (Å²) < 4.78 is 1.88. The second-order valence-corrected chi connectivity index (χ2v) is 6.11. The summed E-state index contributed by atoms with van der Waals surface area (Å²) in [6.45, 7) is 3.14. The highest BCUT2D eigenvalue weighted by atomic mass is 32.2. The number of rotatable bonds is 3. The van der Waals surface area contributed by atoms with Crippen LogP contribution in [-0.4, -0.2) is 32.6 Å². The van der Waals surface area contributed by atoms with Crippen LogP contribution >= 0.6 is 11.8 Å². The molecule has 0 bridgehead atoms. The van der Waals surface area contributed by atoms with Crippen LogP contribution < -0.4 is 5.32 Å². The lowest BCUT2D eigenvalue weighted by Crippen LogP contribution is -2.20. The number of thioether (sulfide) groups is 1. The van der Waals surface area contributed by atoms with Crippen LogP contribution in [0, 0.1) is 12.8 Å². The summed E-state index contributed by atoms with van der Waals surface area (Å²) in [6.07, 6.45) is 4.26. The monoisotopic (exact) mass is 262 g/mol. The summed E-state index contributed by atoms with van der Waals surface area (Å²) in [4.78, 5) is 4.24. The van der Waals surface area contributed by atoms with Crippen LogP contribution in [0.2, 0.25) is 0 Å². The Morgan fingerprint density at radius 1 is 1.39 bits per heavy atom. The van der Waals surface area contributed by atoms with Crippen LogP contribution in [0.5, 0.6) is 0 Å². The first-order chi connectivity index (χ1) is 8.83. The summed E-state index contributed by atoms with van der Waals surface area (Å²) in [7, 11) is 0. The molecule has 0 aromatic carbocycles. The van der Waals surface area contributed by atoms with E-state index in [2.05, 4.69) is 46.2 Å². The van der Waals surface area contributed by atoms with Gasteiger partial charge in [0.05, 0.1) is 0 Å². The highest BCUT2D eigenvalue weighted by Crippen LogP contribution is 2.23. The highest BCUT2D eigenvalue weighted by Gasteiger charge is 2.14. The van der Waals surface area contributed by atoms with Gasteiger partial charge in [-0.25, -0.2) is 4.98 Å². The minimum absolute atomic E-state index is 0.797. The van der Waals surface area contributed by atoms with Gasteiger partial charge in [0.2, 0.25) is 0 Å². The maximum Gasteiger partial charge on any atom is 0.157 e. The molecule has 96 valence electrons. The summed E-state index contributed by atoms with van der Waals surface area (Å²) in [5.74, 6) is 4.46. The van der Waals surface area contributed by atoms with Crippen LogP contribution in [0.4, 0.5) is 5.82 Å². The lowest BCUT2D eigenvalue weighted by Gasteiger charge is -2.22. The number of hydrogen-bond donors (Lipinski definition) is 1. The molecule has 0 spiro atoms. The third-order valence-electron chi connectivity index (χ3n) is 3.44. The van der Waals surface area contributed by atoms with E-state index in [1.54, 1.807) is 6.33 Å². The van der Waals surface area contributed by atoms with Gasteiger partial charge in [0.1, 0.15) is 12.1 Å². The van der Waals surface area contributed by atoms with Crippen molar-refractivity contribution in [2.45, 2.75) is 19.8 Å². The van der Waals surface area contributed by atoms with Crippen LogP contribution in [0.15, 0.2) is 18.5 Å². The maximum atomic E-state index is 4.26. The highest BCUT2D eigenvalue weighted by molar-refractivity contribution is 7.99. The lowest BCUT2D eigenvalue weighted by atomic mass is 10.0. The van der Waals surface area contributed by atoms with E-state index in [4.69, 9.17) is 0 Å². The molecule has 0 atom stereocenters.